The van der Waals surface area contributed by atoms with Crippen molar-refractivity contribution in [2.24, 2.45) is 17.6 Å². The Balaban J connectivity index is 1.53. The highest BCUT2D eigenvalue weighted by atomic mass is 16.2. The van der Waals surface area contributed by atoms with E-state index in [1.807, 2.05) is 17.0 Å². The van der Waals surface area contributed by atoms with E-state index < -0.39 is 6.03 Å². The first kappa shape index (κ1) is 20.7. The number of nitrogens with two attached hydrogens (primary N) is 1. The zero-order valence-electron chi connectivity index (χ0n) is 16.7. The van der Waals surface area contributed by atoms with Crippen molar-refractivity contribution in [2.45, 2.75) is 19.3 Å². The summed E-state index contributed by atoms with van der Waals surface area (Å²) in [6.07, 6.45) is 2.72. The smallest absolute Gasteiger partial charge is 0.317 e. The Morgan fingerprint density at radius 1 is 0.966 bits per heavy atom. The van der Waals surface area contributed by atoms with E-state index >= 15 is 0 Å². The summed E-state index contributed by atoms with van der Waals surface area (Å²) in [4.78, 5) is 25.3. The summed E-state index contributed by atoms with van der Waals surface area (Å²) in [6.45, 7) is 2.50. The molecule has 29 heavy (non-hydrogen) atoms. The maximum Gasteiger partial charge on any atom is 0.317 e. The highest BCUT2D eigenvalue weighted by molar-refractivity contribution is 5.74. The molecule has 1 fully saturated rings. The lowest BCUT2D eigenvalue weighted by Crippen LogP contribution is -2.42. The van der Waals surface area contributed by atoms with Crippen molar-refractivity contribution in [3.05, 3.63) is 71.8 Å². The molecule has 0 aliphatic carbocycles. The first-order chi connectivity index (χ1) is 14.1. The van der Waals surface area contributed by atoms with Crippen molar-refractivity contribution in [1.82, 2.24) is 15.5 Å². The molecule has 1 aliphatic rings. The van der Waals surface area contributed by atoms with Crippen LogP contribution >= 0.6 is 0 Å². The van der Waals surface area contributed by atoms with Gasteiger partial charge in [0.05, 0.1) is 0 Å². The van der Waals surface area contributed by atoms with E-state index in [9.17, 15) is 9.59 Å². The predicted octanol–water partition coefficient (Wildman–Crippen LogP) is 2.79. The van der Waals surface area contributed by atoms with Gasteiger partial charge in [-0.15, -0.1) is 0 Å². The van der Waals surface area contributed by atoms with Crippen molar-refractivity contribution in [1.29, 1.82) is 0 Å². The van der Waals surface area contributed by atoms with Gasteiger partial charge in [-0.25, -0.2) is 9.59 Å². The number of nitrogens with one attached hydrogen (secondary N) is 2. The fraction of sp³-hybridized carbons (Fsp3) is 0.391. The van der Waals surface area contributed by atoms with Crippen LogP contribution in [0.4, 0.5) is 9.59 Å². The third kappa shape index (κ3) is 6.82. The molecule has 1 unspecified atom stereocenters. The fourth-order valence-electron chi connectivity index (χ4n) is 3.88. The summed E-state index contributed by atoms with van der Waals surface area (Å²) in [5.74, 6) is 0.580. The minimum atomic E-state index is -0.516. The van der Waals surface area contributed by atoms with Crippen LogP contribution in [-0.4, -0.2) is 43.1 Å². The summed E-state index contributed by atoms with van der Waals surface area (Å²) in [6, 6.07) is 20.3. The molecule has 6 heteroatoms. The summed E-state index contributed by atoms with van der Waals surface area (Å²) in [7, 11) is 0. The Bertz CT molecular complexity index is 740. The van der Waals surface area contributed by atoms with Crippen molar-refractivity contribution >= 4 is 12.1 Å². The quantitative estimate of drug-likeness (QED) is 0.643. The Hall–Kier alpha value is -3.02. The molecule has 154 valence electrons. The van der Waals surface area contributed by atoms with Crippen LogP contribution in [0.2, 0.25) is 0 Å². The molecule has 0 saturated carbocycles. The van der Waals surface area contributed by atoms with E-state index in [1.54, 1.807) is 0 Å². The monoisotopic (exact) mass is 394 g/mol. The van der Waals surface area contributed by atoms with Crippen LogP contribution in [0.15, 0.2) is 60.7 Å². The molecule has 0 radical (unpaired) electrons. The number of urea groups is 2. The van der Waals surface area contributed by atoms with Crippen molar-refractivity contribution in [2.75, 3.05) is 26.2 Å². The van der Waals surface area contributed by atoms with Crippen LogP contribution < -0.4 is 16.4 Å². The normalized spacial score (nSPS) is 16.0. The second kappa shape index (κ2) is 10.5. The predicted molar refractivity (Wildman–Crippen MR) is 114 cm³/mol. The van der Waals surface area contributed by atoms with Gasteiger partial charge in [-0.2, -0.15) is 0 Å². The van der Waals surface area contributed by atoms with Crippen LogP contribution in [0, 0.1) is 11.8 Å². The minimum Gasteiger partial charge on any atom is -0.352 e. The van der Waals surface area contributed by atoms with E-state index in [4.69, 9.17) is 5.73 Å². The van der Waals surface area contributed by atoms with E-state index in [1.165, 1.54) is 11.1 Å². The largest absolute Gasteiger partial charge is 0.352 e. The number of likely N-dealkylation sites (tertiary alicyclic amines) is 1. The third-order valence-electron chi connectivity index (χ3n) is 5.41. The van der Waals surface area contributed by atoms with Crippen molar-refractivity contribution < 1.29 is 9.59 Å². The van der Waals surface area contributed by atoms with Gasteiger partial charge in [0.15, 0.2) is 0 Å². The van der Waals surface area contributed by atoms with Gasteiger partial charge in [-0.05, 0) is 42.2 Å². The maximum atomic E-state index is 12.6. The molecule has 1 heterocycles. The summed E-state index contributed by atoms with van der Waals surface area (Å²) < 4.78 is 0. The lowest BCUT2D eigenvalue weighted by Gasteiger charge is -2.22. The van der Waals surface area contributed by atoms with E-state index in [0.29, 0.717) is 32.1 Å². The Morgan fingerprint density at radius 3 is 2.10 bits per heavy atom. The summed E-state index contributed by atoms with van der Waals surface area (Å²) in [5, 5.41) is 5.76. The van der Waals surface area contributed by atoms with Crippen LogP contribution in [0.5, 0.6) is 0 Å². The molecular weight excluding hydrogens is 364 g/mol. The highest BCUT2D eigenvalue weighted by Crippen LogP contribution is 2.17. The summed E-state index contributed by atoms with van der Waals surface area (Å²) in [5.41, 5.74) is 7.69. The molecule has 1 atom stereocenters. The number of carbonyl (C=O) groups excluding carboxylic acids is 2. The molecule has 0 aromatic heterocycles. The lowest BCUT2D eigenvalue weighted by molar-refractivity contribution is 0.205. The van der Waals surface area contributed by atoms with Gasteiger partial charge in [-0.3, -0.25) is 0 Å². The van der Waals surface area contributed by atoms with Crippen LogP contribution in [0.3, 0.4) is 0 Å². The van der Waals surface area contributed by atoms with Crippen LogP contribution in [-0.2, 0) is 12.8 Å². The zero-order valence-corrected chi connectivity index (χ0v) is 16.7. The molecule has 1 aliphatic heterocycles. The van der Waals surface area contributed by atoms with E-state index in [0.717, 1.165) is 19.3 Å². The first-order valence-corrected chi connectivity index (χ1v) is 10.2. The summed E-state index contributed by atoms with van der Waals surface area (Å²) >= 11 is 0. The number of benzene rings is 2. The van der Waals surface area contributed by atoms with Crippen LogP contribution in [0.25, 0.3) is 0 Å². The molecule has 2 aromatic carbocycles. The number of hydrogen-bond donors (Lipinski definition) is 3. The van der Waals surface area contributed by atoms with E-state index in [-0.39, 0.29) is 11.9 Å². The van der Waals surface area contributed by atoms with Gasteiger partial charge in [0.2, 0.25) is 0 Å². The standard InChI is InChI=1S/C23H30N4O2/c24-22(28)25-15-20-11-12-27(17-20)23(29)26-16-21(13-18-7-3-1-4-8-18)14-19-9-5-2-6-10-19/h1-10,20-21H,11-17H2,(H,26,29)(H3,24,25,28). The molecule has 0 bridgehead atoms. The Morgan fingerprint density at radius 2 is 1.55 bits per heavy atom. The van der Waals surface area contributed by atoms with Crippen molar-refractivity contribution in [3.63, 3.8) is 0 Å². The Kier molecular flexibility index (Phi) is 7.50. The number of hydrogen-bond acceptors (Lipinski definition) is 2. The minimum absolute atomic E-state index is 0.0299. The molecule has 0 spiro atoms. The zero-order chi connectivity index (χ0) is 20.5. The molecule has 2 aromatic rings. The van der Waals surface area contributed by atoms with Gasteiger partial charge in [-0.1, -0.05) is 60.7 Å². The number of amides is 4. The van der Waals surface area contributed by atoms with E-state index in [2.05, 4.69) is 59.2 Å². The molecule has 1 saturated heterocycles. The maximum absolute atomic E-state index is 12.6. The van der Waals surface area contributed by atoms with Crippen LogP contribution in [0.1, 0.15) is 17.5 Å². The average Bonchev–Trinajstić information content (AvgIpc) is 3.21. The Labute approximate surface area is 172 Å². The number of nitrogens with zero attached hydrogens (tertiary/aromatic N) is 1. The van der Waals surface area contributed by atoms with Gasteiger partial charge in [0, 0.05) is 26.2 Å². The second-order valence-electron chi connectivity index (χ2n) is 7.78. The molecular formula is C23H30N4O2. The number of rotatable bonds is 8. The highest BCUT2D eigenvalue weighted by Gasteiger charge is 2.26. The van der Waals surface area contributed by atoms with Gasteiger partial charge in [0.25, 0.3) is 0 Å². The molecule has 4 N–H and O–H groups in total. The number of carbonyl (C=O) groups is 2. The first-order valence-electron chi connectivity index (χ1n) is 10.2. The average molecular weight is 395 g/mol. The van der Waals surface area contributed by atoms with Gasteiger partial charge < -0.3 is 21.3 Å². The van der Waals surface area contributed by atoms with Gasteiger partial charge >= 0.3 is 12.1 Å². The third-order valence-corrected chi connectivity index (χ3v) is 5.41. The molecule has 6 nitrogen and oxygen atoms in total. The molecule has 4 amide bonds. The SMILES string of the molecule is NC(=O)NCC1CCN(C(=O)NCC(Cc2ccccc2)Cc2ccccc2)C1. The van der Waals surface area contributed by atoms with Crippen molar-refractivity contribution in [3.8, 4) is 0 Å². The topological polar surface area (TPSA) is 87.5 Å². The molecule has 3 rings (SSSR count). The number of primary amides is 1. The second-order valence-corrected chi connectivity index (χ2v) is 7.78. The lowest BCUT2D eigenvalue weighted by atomic mass is 9.92. The fourth-order valence-corrected chi connectivity index (χ4v) is 3.88. The van der Waals surface area contributed by atoms with Gasteiger partial charge in [0.1, 0.15) is 0 Å².